The van der Waals surface area contributed by atoms with Crippen molar-refractivity contribution >= 4 is 16.7 Å². The molecule has 1 heterocycles. The van der Waals surface area contributed by atoms with Crippen LogP contribution in [0.15, 0.2) is 58.5 Å². The summed E-state index contributed by atoms with van der Waals surface area (Å²) in [6.07, 6.45) is 5.81. The Balaban J connectivity index is 1.91. The van der Waals surface area contributed by atoms with Crippen LogP contribution in [0.25, 0.3) is 10.9 Å². The molecule has 0 amide bonds. The molecule has 31 heavy (non-hydrogen) atoms. The summed E-state index contributed by atoms with van der Waals surface area (Å²) in [4.78, 5) is 20.0. The first-order chi connectivity index (χ1) is 15.1. The fourth-order valence-electron chi connectivity index (χ4n) is 4.38. The van der Waals surface area contributed by atoms with Crippen molar-refractivity contribution in [2.45, 2.75) is 44.7 Å². The minimum absolute atomic E-state index is 0.206. The maximum Gasteiger partial charge on any atom is 0.299 e. The molecule has 0 aliphatic heterocycles. The van der Waals surface area contributed by atoms with Gasteiger partial charge in [0.05, 0.1) is 19.2 Å². The molecule has 0 spiro atoms. The number of benzene rings is 2. The topological polar surface area (TPSA) is 80.0 Å². The predicted octanol–water partition coefficient (Wildman–Crippen LogP) is 3.51. The molecular formula is C24H28N4O3. The molecule has 162 valence electrons. The number of ether oxygens (including phenoxy) is 1. The maximum absolute atomic E-state index is 13.3. The Hall–Kier alpha value is -3.35. The van der Waals surface area contributed by atoms with E-state index in [1.54, 1.807) is 11.7 Å². The highest BCUT2D eigenvalue weighted by molar-refractivity contribution is 5.89. The Kier molecular flexibility index (Phi) is 6.21. The van der Waals surface area contributed by atoms with Gasteiger partial charge < -0.3 is 19.4 Å². The molecule has 1 N–H and O–H groups in total. The van der Waals surface area contributed by atoms with E-state index in [2.05, 4.69) is 15.0 Å². The van der Waals surface area contributed by atoms with Crippen LogP contribution in [-0.4, -0.2) is 35.0 Å². The van der Waals surface area contributed by atoms with Crippen molar-refractivity contribution in [3.63, 3.8) is 0 Å². The van der Waals surface area contributed by atoms with Gasteiger partial charge in [0.1, 0.15) is 11.6 Å². The highest BCUT2D eigenvalue weighted by atomic mass is 16.5. The third kappa shape index (κ3) is 4.26. The second-order valence-electron chi connectivity index (χ2n) is 8.02. The molecule has 0 unspecified atom stereocenters. The molecule has 1 aromatic heterocycles. The normalized spacial score (nSPS) is 15.2. The molecule has 1 saturated carbocycles. The zero-order valence-electron chi connectivity index (χ0n) is 18.0. The van der Waals surface area contributed by atoms with Crippen molar-refractivity contribution in [2.24, 2.45) is 5.16 Å². The van der Waals surface area contributed by atoms with Gasteiger partial charge in [0, 0.05) is 18.5 Å². The first kappa shape index (κ1) is 20.9. The molecule has 0 saturated heterocycles. The molecule has 0 atom stereocenters. The summed E-state index contributed by atoms with van der Waals surface area (Å²) in [5.41, 5.74) is 1.05. The molecule has 4 rings (SSSR count). The second kappa shape index (κ2) is 9.20. The predicted molar refractivity (Wildman–Crippen MR) is 121 cm³/mol. The van der Waals surface area contributed by atoms with Crippen molar-refractivity contribution in [2.75, 3.05) is 19.1 Å². The van der Waals surface area contributed by atoms with E-state index in [9.17, 15) is 10.0 Å². The van der Waals surface area contributed by atoms with Gasteiger partial charge in [0.2, 0.25) is 0 Å². The molecule has 1 aliphatic carbocycles. The quantitative estimate of drug-likeness (QED) is 0.505. The molecular weight excluding hydrogens is 392 g/mol. The Bertz CT molecular complexity index is 1180. The summed E-state index contributed by atoms with van der Waals surface area (Å²) in [5.74, 6) is 1.42. The Morgan fingerprint density at radius 2 is 1.84 bits per heavy atom. The fourth-order valence-corrected chi connectivity index (χ4v) is 4.38. The largest absolute Gasteiger partial charge is 0.497 e. The van der Waals surface area contributed by atoms with E-state index in [4.69, 9.17) is 4.74 Å². The number of nitrogens with zero attached hydrogens (tertiary/aromatic N) is 4. The van der Waals surface area contributed by atoms with Gasteiger partial charge in [-0.05, 0) is 42.7 Å². The number of anilines is 1. The van der Waals surface area contributed by atoms with E-state index in [-0.39, 0.29) is 5.49 Å². The minimum Gasteiger partial charge on any atom is -0.497 e. The van der Waals surface area contributed by atoms with Crippen LogP contribution in [-0.2, 0) is 6.54 Å². The van der Waals surface area contributed by atoms with Gasteiger partial charge in [-0.15, -0.1) is 0 Å². The van der Waals surface area contributed by atoms with Crippen molar-refractivity contribution in [1.29, 1.82) is 0 Å². The van der Waals surface area contributed by atoms with Crippen molar-refractivity contribution in [3.8, 4) is 5.75 Å². The van der Waals surface area contributed by atoms with E-state index >= 15 is 0 Å². The SMILES string of the molecule is COc1ccc(Cn2c(=O)/c(=N\O)nc(N(C)C3CCCCC3)c3ccccc32)cc1. The van der Waals surface area contributed by atoms with E-state index in [1.165, 1.54) is 19.3 Å². The molecule has 7 nitrogen and oxygen atoms in total. The summed E-state index contributed by atoms with van der Waals surface area (Å²) < 4.78 is 6.85. The standard InChI is InChI=1S/C24H28N4O3/c1-27(18-8-4-3-5-9-18)23-20-10-6-7-11-21(20)28(24(29)22(25-23)26-30)16-17-12-14-19(31-2)15-13-17/h6-7,10-15,18,30H,3-5,8-9,16H2,1-2H3/b26-22+. The van der Waals surface area contributed by atoms with E-state index in [0.717, 1.165) is 35.1 Å². The van der Waals surface area contributed by atoms with Crippen LogP contribution in [0.4, 0.5) is 5.82 Å². The second-order valence-corrected chi connectivity index (χ2v) is 8.02. The fraction of sp³-hybridized carbons (Fsp3) is 0.375. The number of hydrogen-bond donors (Lipinski definition) is 1. The first-order valence-electron chi connectivity index (χ1n) is 10.7. The van der Waals surface area contributed by atoms with Gasteiger partial charge in [-0.2, -0.15) is 0 Å². The van der Waals surface area contributed by atoms with Crippen LogP contribution < -0.4 is 20.7 Å². The Labute approximate surface area is 181 Å². The van der Waals surface area contributed by atoms with Gasteiger partial charge in [-0.25, -0.2) is 4.98 Å². The van der Waals surface area contributed by atoms with Crippen LogP contribution >= 0.6 is 0 Å². The Morgan fingerprint density at radius 3 is 2.52 bits per heavy atom. The summed E-state index contributed by atoms with van der Waals surface area (Å²) in [7, 11) is 3.64. The molecule has 0 bridgehead atoms. The molecule has 2 aromatic carbocycles. The van der Waals surface area contributed by atoms with Crippen LogP contribution in [0.5, 0.6) is 5.75 Å². The molecule has 1 fully saturated rings. The minimum atomic E-state index is -0.433. The molecule has 0 radical (unpaired) electrons. The number of aromatic nitrogens is 2. The van der Waals surface area contributed by atoms with Gasteiger partial charge in [-0.3, -0.25) is 4.79 Å². The van der Waals surface area contributed by atoms with Crippen LogP contribution in [0, 0.1) is 0 Å². The van der Waals surface area contributed by atoms with Crippen molar-refractivity contribution in [1.82, 2.24) is 9.55 Å². The summed E-state index contributed by atoms with van der Waals surface area (Å²) in [5, 5.41) is 13.7. The first-order valence-corrected chi connectivity index (χ1v) is 10.7. The lowest BCUT2D eigenvalue weighted by Gasteiger charge is -2.32. The highest BCUT2D eigenvalue weighted by Crippen LogP contribution is 2.28. The number of para-hydroxylation sites is 1. The van der Waals surface area contributed by atoms with E-state index in [0.29, 0.717) is 18.4 Å². The van der Waals surface area contributed by atoms with Gasteiger partial charge in [-0.1, -0.05) is 48.7 Å². The lowest BCUT2D eigenvalue weighted by atomic mass is 9.94. The molecule has 1 aliphatic rings. The number of fused-ring (bicyclic) bond motifs is 1. The average molecular weight is 421 g/mol. The van der Waals surface area contributed by atoms with Gasteiger partial charge in [0.15, 0.2) is 0 Å². The zero-order chi connectivity index (χ0) is 21.8. The lowest BCUT2D eigenvalue weighted by molar-refractivity contribution is 0.297. The third-order valence-electron chi connectivity index (χ3n) is 6.13. The monoisotopic (exact) mass is 420 g/mol. The molecule has 7 heteroatoms. The number of rotatable bonds is 5. The number of hydrogen-bond acceptors (Lipinski definition) is 6. The van der Waals surface area contributed by atoms with E-state index in [1.807, 2.05) is 55.6 Å². The lowest BCUT2D eigenvalue weighted by Crippen LogP contribution is -2.37. The highest BCUT2D eigenvalue weighted by Gasteiger charge is 2.22. The number of methoxy groups -OCH3 is 1. The van der Waals surface area contributed by atoms with E-state index < -0.39 is 5.56 Å². The summed E-state index contributed by atoms with van der Waals surface area (Å²) >= 11 is 0. The molecule has 3 aromatic rings. The van der Waals surface area contributed by atoms with Crippen LogP contribution in [0.2, 0.25) is 0 Å². The maximum atomic E-state index is 13.3. The van der Waals surface area contributed by atoms with Crippen LogP contribution in [0.1, 0.15) is 37.7 Å². The smallest absolute Gasteiger partial charge is 0.299 e. The third-order valence-corrected chi connectivity index (χ3v) is 6.13. The van der Waals surface area contributed by atoms with Gasteiger partial charge in [0.25, 0.3) is 11.0 Å². The summed E-state index contributed by atoms with van der Waals surface area (Å²) in [6.45, 7) is 0.328. The Morgan fingerprint density at radius 1 is 1.13 bits per heavy atom. The van der Waals surface area contributed by atoms with Crippen molar-refractivity contribution < 1.29 is 9.94 Å². The zero-order valence-corrected chi connectivity index (χ0v) is 18.0. The van der Waals surface area contributed by atoms with Crippen LogP contribution in [0.3, 0.4) is 0 Å². The van der Waals surface area contributed by atoms with Crippen molar-refractivity contribution in [3.05, 3.63) is 69.9 Å². The van der Waals surface area contributed by atoms with Gasteiger partial charge >= 0.3 is 0 Å². The average Bonchev–Trinajstić information content (AvgIpc) is 2.94. The summed E-state index contributed by atoms with van der Waals surface area (Å²) in [6, 6.07) is 15.7.